The van der Waals surface area contributed by atoms with Crippen LogP contribution >= 0.6 is 0 Å². The van der Waals surface area contributed by atoms with E-state index in [9.17, 15) is 4.79 Å². The first-order chi connectivity index (χ1) is 10.6. The van der Waals surface area contributed by atoms with E-state index < -0.39 is 0 Å². The van der Waals surface area contributed by atoms with Crippen LogP contribution in [0.2, 0.25) is 0 Å². The van der Waals surface area contributed by atoms with Crippen molar-refractivity contribution in [2.45, 2.75) is 20.4 Å². The van der Waals surface area contributed by atoms with Crippen LogP contribution in [-0.4, -0.2) is 20.4 Å². The SMILES string of the molecule is Cc1cccc(NC(=O)NCc2cn3c(C)cccc3n2)n1. The van der Waals surface area contributed by atoms with Crippen molar-refractivity contribution < 1.29 is 4.79 Å². The summed E-state index contributed by atoms with van der Waals surface area (Å²) in [6, 6.07) is 11.1. The molecule has 0 saturated heterocycles. The minimum absolute atomic E-state index is 0.299. The van der Waals surface area contributed by atoms with Gasteiger partial charge in [0.2, 0.25) is 0 Å². The maximum atomic E-state index is 11.9. The van der Waals surface area contributed by atoms with E-state index in [-0.39, 0.29) is 6.03 Å². The number of anilines is 1. The molecule has 3 heterocycles. The summed E-state index contributed by atoms with van der Waals surface area (Å²) in [6.45, 7) is 4.25. The van der Waals surface area contributed by atoms with E-state index in [2.05, 4.69) is 20.6 Å². The molecule has 0 aliphatic heterocycles. The number of aryl methyl sites for hydroxylation is 2. The number of urea groups is 1. The van der Waals surface area contributed by atoms with Gasteiger partial charge in [0.1, 0.15) is 11.5 Å². The van der Waals surface area contributed by atoms with Gasteiger partial charge in [-0.25, -0.2) is 14.8 Å². The largest absolute Gasteiger partial charge is 0.332 e. The molecule has 0 aliphatic rings. The minimum Gasteiger partial charge on any atom is -0.332 e. The summed E-state index contributed by atoms with van der Waals surface area (Å²) in [5.74, 6) is 0.531. The van der Waals surface area contributed by atoms with E-state index in [0.29, 0.717) is 12.4 Å². The van der Waals surface area contributed by atoms with E-state index in [1.807, 2.05) is 54.8 Å². The molecule has 0 fully saturated rings. The number of carbonyl (C=O) groups is 1. The molecular formula is C16H17N5O. The molecule has 0 saturated carbocycles. The Bertz CT molecular complexity index is 824. The standard InChI is InChI=1S/C16H17N5O/c1-11-5-3-7-14(18-11)20-16(22)17-9-13-10-21-12(2)6-4-8-15(21)19-13/h3-8,10H,9H2,1-2H3,(H2,17,18,20,22). The summed E-state index contributed by atoms with van der Waals surface area (Å²) in [5, 5.41) is 5.48. The first kappa shape index (κ1) is 14.1. The monoisotopic (exact) mass is 295 g/mol. The van der Waals surface area contributed by atoms with Crippen LogP contribution in [0.15, 0.2) is 42.6 Å². The Kier molecular flexibility index (Phi) is 3.74. The number of carbonyl (C=O) groups excluding carboxylic acids is 1. The molecule has 112 valence electrons. The lowest BCUT2D eigenvalue weighted by Gasteiger charge is -2.06. The molecule has 3 aromatic heterocycles. The molecule has 3 rings (SSSR count). The molecule has 0 unspecified atom stereocenters. The summed E-state index contributed by atoms with van der Waals surface area (Å²) in [5.41, 5.74) is 3.64. The van der Waals surface area contributed by atoms with Crippen molar-refractivity contribution in [1.29, 1.82) is 0 Å². The molecule has 0 bridgehead atoms. The van der Waals surface area contributed by atoms with Gasteiger partial charge in [0.25, 0.3) is 0 Å². The van der Waals surface area contributed by atoms with Crippen molar-refractivity contribution in [3.8, 4) is 0 Å². The minimum atomic E-state index is -0.299. The zero-order chi connectivity index (χ0) is 15.5. The Labute approximate surface area is 128 Å². The van der Waals surface area contributed by atoms with Gasteiger partial charge < -0.3 is 9.72 Å². The number of amides is 2. The van der Waals surface area contributed by atoms with Gasteiger partial charge in [-0.1, -0.05) is 12.1 Å². The molecule has 0 atom stereocenters. The number of hydrogen-bond donors (Lipinski definition) is 2. The number of pyridine rings is 2. The molecule has 6 heteroatoms. The lowest BCUT2D eigenvalue weighted by atomic mass is 10.4. The van der Waals surface area contributed by atoms with E-state index in [4.69, 9.17) is 0 Å². The highest BCUT2D eigenvalue weighted by molar-refractivity contribution is 5.88. The fourth-order valence-electron chi connectivity index (χ4n) is 2.23. The van der Waals surface area contributed by atoms with Crippen molar-refractivity contribution in [2.75, 3.05) is 5.32 Å². The summed E-state index contributed by atoms with van der Waals surface area (Å²) in [6.07, 6.45) is 1.93. The van der Waals surface area contributed by atoms with Gasteiger partial charge in [-0.2, -0.15) is 0 Å². The Hall–Kier alpha value is -2.89. The number of nitrogens with zero attached hydrogens (tertiary/aromatic N) is 3. The van der Waals surface area contributed by atoms with Gasteiger partial charge in [0, 0.05) is 17.6 Å². The third-order valence-electron chi connectivity index (χ3n) is 3.31. The third-order valence-corrected chi connectivity index (χ3v) is 3.31. The molecule has 2 amide bonds. The Morgan fingerprint density at radius 2 is 1.95 bits per heavy atom. The molecule has 0 spiro atoms. The molecule has 0 aromatic carbocycles. The van der Waals surface area contributed by atoms with Crippen LogP contribution in [0.4, 0.5) is 10.6 Å². The van der Waals surface area contributed by atoms with Gasteiger partial charge in [0.15, 0.2) is 0 Å². The predicted molar refractivity (Wildman–Crippen MR) is 84.8 cm³/mol. The van der Waals surface area contributed by atoms with E-state index in [0.717, 1.165) is 22.7 Å². The Morgan fingerprint density at radius 1 is 1.14 bits per heavy atom. The average molecular weight is 295 g/mol. The quantitative estimate of drug-likeness (QED) is 0.780. The van der Waals surface area contributed by atoms with Crippen LogP contribution in [0.25, 0.3) is 5.65 Å². The van der Waals surface area contributed by atoms with Gasteiger partial charge >= 0.3 is 6.03 Å². The van der Waals surface area contributed by atoms with E-state index in [1.165, 1.54) is 0 Å². The topological polar surface area (TPSA) is 71.3 Å². The zero-order valence-corrected chi connectivity index (χ0v) is 12.5. The van der Waals surface area contributed by atoms with Crippen molar-refractivity contribution in [3.63, 3.8) is 0 Å². The molecule has 0 radical (unpaired) electrons. The molecule has 6 nitrogen and oxygen atoms in total. The van der Waals surface area contributed by atoms with Crippen molar-refractivity contribution in [1.82, 2.24) is 19.7 Å². The number of rotatable bonds is 3. The highest BCUT2D eigenvalue weighted by Crippen LogP contribution is 2.08. The number of aromatic nitrogens is 3. The second-order valence-corrected chi connectivity index (χ2v) is 5.10. The lowest BCUT2D eigenvalue weighted by Crippen LogP contribution is -2.28. The number of hydrogen-bond acceptors (Lipinski definition) is 3. The smallest absolute Gasteiger partial charge is 0.320 e. The van der Waals surface area contributed by atoms with E-state index >= 15 is 0 Å². The molecule has 22 heavy (non-hydrogen) atoms. The molecule has 3 aromatic rings. The average Bonchev–Trinajstić information content (AvgIpc) is 2.90. The van der Waals surface area contributed by atoms with Gasteiger partial charge in [-0.15, -0.1) is 0 Å². The fourth-order valence-corrected chi connectivity index (χ4v) is 2.23. The summed E-state index contributed by atoms with van der Waals surface area (Å²) < 4.78 is 2.00. The number of imidazole rings is 1. The lowest BCUT2D eigenvalue weighted by molar-refractivity contribution is 0.251. The molecule has 0 aliphatic carbocycles. The van der Waals surface area contributed by atoms with Gasteiger partial charge in [0.05, 0.1) is 12.2 Å². The molecule has 2 N–H and O–H groups in total. The first-order valence-electron chi connectivity index (χ1n) is 7.04. The maximum Gasteiger partial charge on any atom is 0.320 e. The van der Waals surface area contributed by atoms with Crippen LogP contribution in [0.1, 0.15) is 17.1 Å². The number of nitrogens with one attached hydrogen (secondary N) is 2. The van der Waals surface area contributed by atoms with Crippen LogP contribution in [0.5, 0.6) is 0 Å². The van der Waals surface area contributed by atoms with Crippen LogP contribution in [0, 0.1) is 13.8 Å². The van der Waals surface area contributed by atoms with Crippen molar-refractivity contribution >= 4 is 17.5 Å². The molecular weight excluding hydrogens is 278 g/mol. The summed E-state index contributed by atoms with van der Waals surface area (Å²) in [7, 11) is 0. The Balaban J connectivity index is 1.63. The predicted octanol–water partition coefficient (Wildman–Crippen LogP) is 2.67. The van der Waals surface area contributed by atoms with Crippen molar-refractivity contribution in [3.05, 3.63) is 59.7 Å². The van der Waals surface area contributed by atoms with Crippen LogP contribution in [-0.2, 0) is 6.54 Å². The maximum absolute atomic E-state index is 11.9. The second kappa shape index (κ2) is 5.85. The van der Waals surface area contributed by atoms with Crippen LogP contribution in [0.3, 0.4) is 0 Å². The van der Waals surface area contributed by atoms with Gasteiger partial charge in [-0.3, -0.25) is 5.32 Å². The zero-order valence-electron chi connectivity index (χ0n) is 12.5. The normalized spacial score (nSPS) is 10.6. The van der Waals surface area contributed by atoms with Crippen LogP contribution < -0.4 is 10.6 Å². The second-order valence-electron chi connectivity index (χ2n) is 5.10. The highest BCUT2D eigenvalue weighted by atomic mass is 16.2. The Morgan fingerprint density at radius 3 is 2.73 bits per heavy atom. The highest BCUT2D eigenvalue weighted by Gasteiger charge is 2.06. The van der Waals surface area contributed by atoms with Gasteiger partial charge in [-0.05, 0) is 38.1 Å². The third kappa shape index (κ3) is 3.06. The van der Waals surface area contributed by atoms with Crippen molar-refractivity contribution in [2.24, 2.45) is 0 Å². The van der Waals surface area contributed by atoms with E-state index in [1.54, 1.807) is 6.07 Å². The summed E-state index contributed by atoms with van der Waals surface area (Å²) in [4.78, 5) is 20.6. The summed E-state index contributed by atoms with van der Waals surface area (Å²) >= 11 is 0. The number of fused-ring (bicyclic) bond motifs is 1. The fraction of sp³-hybridized carbons (Fsp3) is 0.188. The first-order valence-corrected chi connectivity index (χ1v) is 7.04.